The van der Waals surface area contributed by atoms with Crippen molar-refractivity contribution in [2.75, 3.05) is 59.4 Å². The highest BCUT2D eigenvalue weighted by Crippen LogP contribution is 2.33. The van der Waals surface area contributed by atoms with Gasteiger partial charge in [-0.3, -0.25) is 14.6 Å². The van der Waals surface area contributed by atoms with E-state index in [1.54, 1.807) is 19.2 Å². The van der Waals surface area contributed by atoms with Gasteiger partial charge in [0.1, 0.15) is 5.82 Å². The molecule has 1 unspecified atom stereocenters. The predicted octanol–water partition coefficient (Wildman–Crippen LogP) is 5.71. The fourth-order valence-electron chi connectivity index (χ4n) is 6.42. The molecule has 218 valence electrons. The molecule has 0 saturated carbocycles. The highest BCUT2D eigenvalue weighted by atomic mass is 79.9. The van der Waals surface area contributed by atoms with Crippen LogP contribution in [0.3, 0.4) is 0 Å². The molecular weight excluding hydrogens is 588 g/mol. The number of carbonyl (C=O) groups is 1. The summed E-state index contributed by atoms with van der Waals surface area (Å²) in [6.45, 7) is 7.91. The van der Waals surface area contributed by atoms with Gasteiger partial charge in [-0.1, -0.05) is 34.5 Å². The highest BCUT2D eigenvalue weighted by molar-refractivity contribution is 9.10. The minimum absolute atomic E-state index is 0.0225. The first-order valence-electron chi connectivity index (χ1n) is 14.2. The Balaban J connectivity index is 1.19. The standard InChI is InChI=1S/C30H37BrF4N4O/c1-36(29(40)23-14-24(30(33,34)35)16-25(31)15-23)17-22(21-5-7-26(32)8-6-21)9-11-37-18-28(19-37)39-13-12-38-10-3-2-4-27(38)20-39/h5-8,14-16,22,27-28H,2-4,9-13,17-20H2,1H3/t22-,27?/m1/s1. The summed E-state index contributed by atoms with van der Waals surface area (Å²) in [7, 11) is 1.61. The van der Waals surface area contributed by atoms with E-state index >= 15 is 0 Å². The quantitative estimate of drug-likeness (QED) is 0.352. The number of likely N-dealkylation sites (N-methyl/N-ethyl adjacent to an activating group) is 1. The molecule has 0 aromatic heterocycles. The first-order valence-corrected chi connectivity index (χ1v) is 15.0. The maximum absolute atomic E-state index is 13.7. The number of hydrogen-bond acceptors (Lipinski definition) is 4. The lowest BCUT2D eigenvalue weighted by atomic mass is 9.93. The van der Waals surface area contributed by atoms with Crippen LogP contribution in [0.1, 0.15) is 53.1 Å². The number of likely N-dealkylation sites (tertiary alicyclic amines) is 1. The van der Waals surface area contributed by atoms with Gasteiger partial charge in [-0.25, -0.2) is 4.39 Å². The van der Waals surface area contributed by atoms with Gasteiger partial charge in [0.05, 0.1) is 5.56 Å². The number of alkyl halides is 3. The van der Waals surface area contributed by atoms with E-state index < -0.39 is 17.6 Å². The van der Waals surface area contributed by atoms with Crippen molar-refractivity contribution in [2.45, 2.75) is 49.9 Å². The second-order valence-electron chi connectivity index (χ2n) is 11.5. The van der Waals surface area contributed by atoms with Crippen molar-refractivity contribution in [3.8, 4) is 0 Å². The minimum Gasteiger partial charge on any atom is -0.341 e. The van der Waals surface area contributed by atoms with Gasteiger partial charge < -0.3 is 9.80 Å². The second-order valence-corrected chi connectivity index (χ2v) is 12.5. The normalized spacial score (nSPS) is 22.0. The number of benzene rings is 2. The lowest BCUT2D eigenvalue weighted by molar-refractivity contribution is -0.137. The van der Waals surface area contributed by atoms with E-state index in [2.05, 4.69) is 30.6 Å². The summed E-state index contributed by atoms with van der Waals surface area (Å²) in [4.78, 5) is 22.4. The summed E-state index contributed by atoms with van der Waals surface area (Å²) >= 11 is 3.11. The van der Waals surface area contributed by atoms with Gasteiger partial charge >= 0.3 is 6.18 Å². The molecule has 5 nitrogen and oxygen atoms in total. The van der Waals surface area contributed by atoms with E-state index in [9.17, 15) is 22.4 Å². The Kier molecular flexibility index (Phi) is 9.19. The van der Waals surface area contributed by atoms with E-state index in [1.165, 1.54) is 48.9 Å². The Morgan fingerprint density at radius 3 is 2.45 bits per heavy atom. The van der Waals surface area contributed by atoms with E-state index in [1.807, 2.05) is 0 Å². The van der Waals surface area contributed by atoms with E-state index in [-0.39, 0.29) is 21.8 Å². The monoisotopic (exact) mass is 624 g/mol. The fraction of sp³-hybridized carbons (Fsp3) is 0.567. The number of amides is 1. The topological polar surface area (TPSA) is 30.0 Å². The average Bonchev–Trinajstić information content (AvgIpc) is 2.90. The molecule has 1 amide bonds. The van der Waals surface area contributed by atoms with Gasteiger partial charge in [-0.2, -0.15) is 13.2 Å². The molecule has 0 radical (unpaired) electrons. The number of piperidine rings is 1. The average molecular weight is 626 g/mol. The van der Waals surface area contributed by atoms with Gasteiger partial charge in [-0.15, -0.1) is 0 Å². The third-order valence-electron chi connectivity index (χ3n) is 8.77. The van der Waals surface area contributed by atoms with Gasteiger partial charge in [0.2, 0.25) is 0 Å². The molecule has 2 aromatic rings. The number of halogens is 5. The lowest BCUT2D eigenvalue weighted by Gasteiger charge is -2.51. The zero-order chi connectivity index (χ0) is 28.4. The lowest BCUT2D eigenvalue weighted by Crippen LogP contribution is -2.65. The first-order chi connectivity index (χ1) is 19.1. The van der Waals surface area contributed by atoms with Crippen LogP contribution in [0.2, 0.25) is 0 Å². The van der Waals surface area contributed by atoms with E-state index in [4.69, 9.17) is 0 Å². The van der Waals surface area contributed by atoms with Crippen LogP contribution < -0.4 is 0 Å². The molecule has 40 heavy (non-hydrogen) atoms. The Morgan fingerprint density at radius 2 is 1.73 bits per heavy atom. The molecule has 3 aliphatic rings. The molecule has 0 aliphatic carbocycles. The Labute approximate surface area is 242 Å². The van der Waals surface area contributed by atoms with E-state index in [0.29, 0.717) is 18.6 Å². The zero-order valence-electron chi connectivity index (χ0n) is 22.8. The van der Waals surface area contributed by atoms with Crippen LogP contribution in [0.4, 0.5) is 17.6 Å². The van der Waals surface area contributed by atoms with Gasteiger partial charge in [0, 0.05) is 74.4 Å². The van der Waals surface area contributed by atoms with Crippen molar-refractivity contribution in [1.29, 1.82) is 0 Å². The highest BCUT2D eigenvalue weighted by Gasteiger charge is 2.37. The summed E-state index contributed by atoms with van der Waals surface area (Å²) in [6.07, 6.45) is 0.168. The molecule has 2 aromatic carbocycles. The smallest absolute Gasteiger partial charge is 0.341 e. The Morgan fingerprint density at radius 1 is 1.00 bits per heavy atom. The van der Waals surface area contributed by atoms with Crippen molar-refractivity contribution in [1.82, 2.24) is 19.6 Å². The van der Waals surface area contributed by atoms with Crippen molar-refractivity contribution < 1.29 is 22.4 Å². The maximum Gasteiger partial charge on any atom is 0.416 e. The number of carbonyl (C=O) groups excluding carboxylic acids is 1. The van der Waals surface area contributed by atoms with Gasteiger partial charge in [0.25, 0.3) is 5.91 Å². The molecule has 3 fully saturated rings. The molecular formula is C30H37BrF4N4O. The molecule has 2 atom stereocenters. The third-order valence-corrected chi connectivity index (χ3v) is 9.23. The van der Waals surface area contributed by atoms with Crippen molar-refractivity contribution in [3.63, 3.8) is 0 Å². The third kappa shape index (κ3) is 7.06. The summed E-state index contributed by atoms with van der Waals surface area (Å²) in [5.74, 6) is -0.886. The van der Waals surface area contributed by atoms with Crippen LogP contribution in [0.15, 0.2) is 46.9 Å². The molecule has 0 N–H and O–H groups in total. The number of rotatable bonds is 8. The summed E-state index contributed by atoms with van der Waals surface area (Å²) in [5, 5.41) is 0. The largest absolute Gasteiger partial charge is 0.416 e. The SMILES string of the molecule is CN(C[C@@H](CCN1CC(N2CCN3CCCCC3C2)C1)c1ccc(F)cc1)C(=O)c1cc(Br)cc(C(F)(F)F)c1. The second kappa shape index (κ2) is 12.5. The zero-order valence-corrected chi connectivity index (χ0v) is 24.4. The molecule has 0 spiro atoms. The maximum atomic E-state index is 13.7. The molecule has 0 bridgehead atoms. The first kappa shape index (κ1) is 29.5. The van der Waals surface area contributed by atoms with Crippen LogP contribution in [0, 0.1) is 5.82 Å². The minimum atomic E-state index is -4.55. The Hall–Kier alpha value is -2.01. The predicted molar refractivity (Wildman–Crippen MR) is 151 cm³/mol. The number of nitrogens with zero attached hydrogens (tertiary/aromatic N) is 4. The number of piperazine rings is 1. The summed E-state index contributed by atoms with van der Waals surface area (Å²) in [6, 6.07) is 10.9. The summed E-state index contributed by atoms with van der Waals surface area (Å²) < 4.78 is 53.8. The molecule has 3 saturated heterocycles. The van der Waals surface area contributed by atoms with Gasteiger partial charge in [-0.05, 0) is 68.2 Å². The Bertz CT molecular complexity index is 1170. The van der Waals surface area contributed by atoms with Crippen molar-refractivity contribution >= 4 is 21.8 Å². The molecule has 3 heterocycles. The van der Waals surface area contributed by atoms with Crippen LogP contribution in [0.25, 0.3) is 0 Å². The van der Waals surface area contributed by atoms with Crippen LogP contribution >= 0.6 is 15.9 Å². The van der Waals surface area contributed by atoms with Crippen molar-refractivity contribution in [3.05, 3.63) is 69.4 Å². The van der Waals surface area contributed by atoms with Gasteiger partial charge in [0.15, 0.2) is 0 Å². The fourth-order valence-corrected chi connectivity index (χ4v) is 6.91. The van der Waals surface area contributed by atoms with E-state index in [0.717, 1.165) is 63.4 Å². The molecule has 5 rings (SSSR count). The van der Waals surface area contributed by atoms with Crippen LogP contribution in [-0.4, -0.2) is 97.0 Å². The molecule has 3 aliphatic heterocycles. The summed E-state index contributed by atoms with van der Waals surface area (Å²) in [5.41, 5.74) is 0.0217. The van der Waals surface area contributed by atoms with Crippen molar-refractivity contribution in [2.24, 2.45) is 0 Å². The van der Waals surface area contributed by atoms with Crippen LogP contribution in [0.5, 0.6) is 0 Å². The number of fused-ring (bicyclic) bond motifs is 1. The molecule has 10 heteroatoms. The van der Waals surface area contributed by atoms with Crippen LogP contribution in [-0.2, 0) is 6.18 Å². The number of hydrogen-bond donors (Lipinski definition) is 0.